The molecule has 3 N–H and O–H groups in total. The van der Waals surface area contributed by atoms with Gasteiger partial charge in [0.15, 0.2) is 0 Å². The average Bonchev–Trinajstić information content (AvgIpc) is 2.78. The number of hydrogen-bond acceptors (Lipinski definition) is 5. The van der Waals surface area contributed by atoms with Gasteiger partial charge in [0.1, 0.15) is 5.82 Å². The van der Waals surface area contributed by atoms with Gasteiger partial charge in [0.05, 0.1) is 11.7 Å². The van der Waals surface area contributed by atoms with E-state index in [1.165, 1.54) is 0 Å². The molecule has 1 atom stereocenters. The standard InChI is InChI=1S/C13H20N6/c1-4-10-5-11(19(3)18-10)6-12(17-14)13-15-7-9(2)8-16-13/h5,7-8,12,17H,4,6,14H2,1-3H3. The molecule has 1 unspecified atom stereocenters. The van der Waals surface area contributed by atoms with Gasteiger partial charge in [-0.05, 0) is 25.0 Å². The van der Waals surface area contributed by atoms with Crippen molar-refractivity contribution in [3.8, 4) is 0 Å². The van der Waals surface area contributed by atoms with E-state index < -0.39 is 0 Å². The minimum atomic E-state index is -0.110. The molecule has 0 radical (unpaired) electrons. The Bertz CT molecular complexity index is 531. The van der Waals surface area contributed by atoms with E-state index in [2.05, 4.69) is 33.5 Å². The molecule has 2 heterocycles. The van der Waals surface area contributed by atoms with E-state index >= 15 is 0 Å². The highest BCUT2D eigenvalue weighted by molar-refractivity contribution is 5.14. The highest BCUT2D eigenvalue weighted by Crippen LogP contribution is 2.15. The van der Waals surface area contributed by atoms with Crippen molar-refractivity contribution in [2.24, 2.45) is 12.9 Å². The molecule has 19 heavy (non-hydrogen) atoms. The first-order chi connectivity index (χ1) is 9.13. The number of hydrazine groups is 1. The van der Waals surface area contributed by atoms with E-state index in [4.69, 9.17) is 5.84 Å². The maximum atomic E-state index is 5.62. The first-order valence-corrected chi connectivity index (χ1v) is 6.40. The van der Waals surface area contributed by atoms with E-state index in [9.17, 15) is 0 Å². The number of nitrogens with one attached hydrogen (secondary N) is 1. The van der Waals surface area contributed by atoms with Crippen LogP contribution in [0.2, 0.25) is 0 Å². The van der Waals surface area contributed by atoms with Gasteiger partial charge in [0.25, 0.3) is 0 Å². The van der Waals surface area contributed by atoms with E-state index in [0.29, 0.717) is 12.2 Å². The Labute approximate surface area is 113 Å². The summed E-state index contributed by atoms with van der Waals surface area (Å²) in [6.07, 6.45) is 5.24. The minimum Gasteiger partial charge on any atom is -0.272 e. The molecule has 0 amide bonds. The molecular formula is C13H20N6. The Kier molecular flexibility index (Phi) is 4.24. The third-order valence-corrected chi connectivity index (χ3v) is 3.12. The van der Waals surface area contributed by atoms with Crippen LogP contribution < -0.4 is 11.3 Å². The van der Waals surface area contributed by atoms with Crippen LogP contribution >= 0.6 is 0 Å². The predicted octanol–water partition coefficient (Wildman–Crippen LogP) is 0.828. The molecule has 0 aliphatic heterocycles. The molecule has 6 heteroatoms. The van der Waals surface area contributed by atoms with Gasteiger partial charge in [-0.2, -0.15) is 5.10 Å². The summed E-state index contributed by atoms with van der Waals surface area (Å²) in [6.45, 7) is 4.05. The first kappa shape index (κ1) is 13.6. The highest BCUT2D eigenvalue weighted by atomic mass is 15.3. The molecule has 6 nitrogen and oxygen atoms in total. The molecule has 0 aromatic carbocycles. The molecule has 2 aromatic heterocycles. The highest BCUT2D eigenvalue weighted by Gasteiger charge is 2.16. The Morgan fingerprint density at radius 1 is 1.37 bits per heavy atom. The molecule has 0 saturated heterocycles. The van der Waals surface area contributed by atoms with E-state index in [1.807, 2.05) is 18.7 Å². The topological polar surface area (TPSA) is 81.6 Å². The van der Waals surface area contributed by atoms with Gasteiger partial charge >= 0.3 is 0 Å². The van der Waals surface area contributed by atoms with Crippen LogP contribution in [0.3, 0.4) is 0 Å². The van der Waals surface area contributed by atoms with E-state index in [-0.39, 0.29) is 6.04 Å². The van der Waals surface area contributed by atoms with Crippen LogP contribution in [0.4, 0.5) is 0 Å². The summed E-state index contributed by atoms with van der Waals surface area (Å²) in [5, 5.41) is 4.43. The summed E-state index contributed by atoms with van der Waals surface area (Å²) in [6, 6.07) is 1.99. The van der Waals surface area contributed by atoms with Crippen molar-refractivity contribution in [2.75, 3.05) is 0 Å². The van der Waals surface area contributed by atoms with Gasteiger partial charge < -0.3 is 0 Å². The Morgan fingerprint density at radius 2 is 2.05 bits per heavy atom. The zero-order valence-electron chi connectivity index (χ0n) is 11.6. The molecular weight excluding hydrogens is 240 g/mol. The zero-order chi connectivity index (χ0) is 13.8. The molecule has 0 aliphatic carbocycles. The second kappa shape index (κ2) is 5.90. The van der Waals surface area contributed by atoms with Crippen molar-refractivity contribution in [2.45, 2.75) is 32.7 Å². The number of nitrogens with two attached hydrogens (primary N) is 1. The van der Waals surface area contributed by atoms with Crippen LogP contribution in [0.1, 0.15) is 35.7 Å². The molecule has 102 valence electrons. The maximum Gasteiger partial charge on any atom is 0.146 e. The van der Waals surface area contributed by atoms with Crippen LogP contribution in [0.5, 0.6) is 0 Å². The van der Waals surface area contributed by atoms with Gasteiger partial charge in [0, 0.05) is 31.6 Å². The summed E-state index contributed by atoms with van der Waals surface area (Å²) < 4.78 is 1.89. The summed E-state index contributed by atoms with van der Waals surface area (Å²) in [5.41, 5.74) is 6.01. The van der Waals surface area contributed by atoms with E-state index in [1.54, 1.807) is 12.4 Å². The van der Waals surface area contributed by atoms with Gasteiger partial charge in [-0.3, -0.25) is 10.5 Å². The predicted molar refractivity (Wildman–Crippen MR) is 73.1 cm³/mol. The minimum absolute atomic E-state index is 0.110. The lowest BCUT2D eigenvalue weighted by atomic mass is 10.1. The fourth-order valence-electron chi connectivity index (χ4n) is 1.95. The van der Waals surface area contributed by atoms with Gasteiger partial charge in [-0.15, -0.1) is 0 Å². The summed E-state index contributed by atoms with van der Waals surface area (Å²) in [4.78, 5) is 8.64. The molecule has 2 aromatic rings. The molecule has 2 rings (SSSR count). The van der Waals surface area contributed by atoms with Crippen molar-refractivity contribution in [1.82, 2.24) is 25.2 Å². The van der Waals surface area contributed by atoms with Gasteiger partial charge in [-0.1, -0.05) is 6.92 Å². The average molecular weight is 260 g/mol. The molecule has 0 aliphatic rings. The van der Waals surface area contributed by atoms with E-state index in [0.717, 1.165) is 23.4 Å². The number of nitrogens with zero attached hydrogens (tertiary/aromatic N) is 4. The van der Waals surface area contributed by atoms with Crippen molar-refractivity contribution in [3.63, 3.8) is 0 Å². The number of aromatic nitrogens is 4. The van der Waals surface area contributed by atoms with Crippen LogP contribution in [0.25, 0.3) is 0 Å². The zero-order valence-corrected chi connectivity index (χ0v) is 11.6. The van der Waals surface area contributed by atoms with Crippen molar-refractivity contribution >= 4 is 0 Å². The fraction of sp³-hybridized carbons (Fsp3) is 0.462. The maximum absolute atomic E-state index is 5.62. The second-order valence-electron chi connectivity index (χ2n) is 4.65. The smallest absolute Gasteiger partial charge is 0.146 e. The Morgan fingerprint density at radius 3 is 2.58 bits per heavy atom. The van der Waals surface area contributed by atoms with Crippen molar-refractivity contribution in [3.05, 3.63) is 41.2 Å². The normalized spacial score (nSPS) is 12.6. The second-order valence-corrected chi connectivity index (χ2v) is 4.65. The van der Waals surface area contributed by atoms with Crippen LogP contribution in [0.15, 0.2) is 18.5 Å². The van der Waals surface area contributed by atoms with Gasteiger partial charge in [0.2, 0.25) is 0 Å². The lowest BCUT2D eigenvalue weighted by Gasteiger charge is -2.14. The summed E-state index contributed by atoms with van der Waals surface area (Å²) in [5.74, 6) is 6.32. The monoisotopic (exact) mass is 260 g/mol. The third-order valence-electron chi connectivity index (χ3n) is 3.12. The Balaban J connectivity index is 2.18. The largest absolute Gasteiger partial charge is 0.272 e. The van der Waals surface area contributed by atoms with Crippen LogP contribution in [-0.4, -0.2) is 19.7 Å². The Hall–Kier alpha value is -1.79. The molecule has 0 saturated carbocycles. The summed E-state index contributed by atoms with van der Waals surface area (Å²) >= 11 is 0. The van der Waals surface area contributed by atoms with Crippen LogP contribution in [0, 0.1) is 6.92 Å². The summed E-state index contributed by atoms with van der Waals surface area (Å²) in [7, 11) is 1.94. The third kappa shape index (κ3) is 3.15. The lowest BCUT2D eigenvalue weighted by Crippen LogP contribution is -2.31. The van der Waals surface area contributed by atoms with Crippen LogP contribution in [-0.2, 0) is 19.9 Å². The quantitative estimate of drug-likeness (QED) is 0.614. The SMILES string of the molecule is CCc1cc(CC(NN)c2ncc(C)cn2)n(C)n1. The van der Waals surface area contributed by atoms with Crippen molar-refractivity contribution in [1.29, 1.82) is 0 Å². The number of aryl methyl sites for hydroxylation is 3. The lowest BCUT2D eigenvalue weighted by molar-refractivity contribution is 0.504. The first-order valence-electron chi connectivity index (χ1n) is 6.40. The van der Waals surface area contributed by atoms with Crippen molar-refractivity contribution < 1.29 is 0 Å². The van der Waals surface area contributed by atoms with Gasteiger partial charge in [-0.25, -0.2) is 15.4 Å². The number of hydrogen-bond donors (Lipinski definition) is 2. The number of rotatable bonds is 5. The molecule has 0 fully saturated rings. The molecule has 0 bridgehead atoms. The molecule has 0 spiro atoms. The fourth-order valence-corrected chi connectivity index (χ4v) is 1.95.